The number of anilines is 1. The van der Waals surface area contributed by atoms with Gasteiger partial charge in [0.05, 0.1) is 31.9 Å². The van der Waals surface area contributed by atoms with Crippen molar-refractivity contribution in [3.8, 4) is 0 Å². The van der Waals surface area contributed by atoms with Gasteiger partial charge in [0.1, 0.15) is 0 Å². The third-order valence-electron chi connectivity index (χ3n) is 5.49. The van der Waals surface area contributed by atoms with Gasteiger partial charge in [-0.15, -0.1) is 0 Å². The van der Waals surface area contributed by atoms with Crippen LogP contribution in [0.4, 0.5) is 5.69 Å². The number of fused-ring (bicyclic) bond motifs is 1. The number of carbonyl (C=O) groups is 1. The fourth-order valence-corrected chi connectivity index (χ4v) is 6.24. The molecule has 0 aliphatic carbocycles. The Morgan fingerprint density at radius 2 is 1.88 bits per heavy atom. The number of para-hydroxylation sites is 1. The molecule has 1 aliphatic rings. The lowest BCUT2D eigenvalue weighted by Gasteiger charge is -2.16. The predicted molar refractivity (Wildman–Crippen MR) is 130 cm³/mol. The van der Waals surface area contributed by atoms with Gasteiger partial charge in [0.25, 0.3) is 0 Å². The summed E-state index contributed by atoms with van der Waals surface area (Å²) >= 11 is 7.56. The maximum absolute atomic E-state index is 12.8. The summed E-state index contributed by atoms with van der Waals surface area (Å²) < 4.78 is 27.1. The highest BCUT2D eigenvalue weighted by molar-refractivity contribution is 7.99. The molecule has 0 saturated carbocycles. The van der Waals surface area contributed by atoms with E-state index in [2.05, 4.69) is 5.32 Å². The first-order valence-electron chi connectivity index (χ1n) is 10.3. The standard InChI is InChI=1S/C23H24ClN3O3S2/c1-15-6-5-7-18-16(2)12-22(26-23(15)18)31-14-21(28)25-20-13-17(8-9-19(20)24)32(29,30)27-10-3-4-11-27/h5-9,12-13H,3-4,10-11,14H2,1-2H3,(H,25,28). The summed E-state index contributed by atoms with van der Waals surface area (Å²) in [7, 11) is -3.59. The summed E-state index contributed by atoms with van der Waals surface area (Å²) in [5.41, 5.74) is 3.40. The quantitative estimate of drug-likeness (QED) is 0.492. The van der Waals surface area contributed by atoms with Gasteiger partial charge in [-0.1, -0.05) is 41.6 Å². The molecular formula is C23H24ClN3O3S2. The number of rotatable bonds is 6. The van der Waals surface area contributed by atoms with Crippen LogP contribution in [-0.4, -0.2) is 42.5 Å². The van der Waals surface area contributed by atoms with Crippen LogP contribution in [0.3, 0.4) is 0 Å². The molecule has 1 aliphatic heterocycles. The van der Waals surface area contributed by atoms with Gasteiger partial charge in [0.2, 0.25) is 15.9 Å². The second kappa shape index (κ2) is 9.39. The second-order valence-electron chi connectivity index (χ2n) is 7.84. The summed E-state index contributed by atoms with van der Waals surface area (Å²) in [6, 6.07) is 12.4. The molecule has 0 unspecified atom stereocenters. The van der Waals surface area contributed by atoms with E-state index in [4.69, 9.17) is 16.6 Å². The van der Waals surface area contributed by atoms with Gasteiger partial charge in [-0.2, -0.15) is 4.31 Å². The number of sulfonamides is 1. The fourth-order valence-electron chi connectivity index (χ4n) is 3.77. The van der Waals surface area contributed by atoms with E-state index in [1.54, 1.807) is 0 Å². The Kier molecular flexibility index (Phi) is 6.76. The number of hydrogen-bond donors (Lipinski definition) is 1. The molecule has 1 amide bonds. The molecule has 0 spiro atoms. The molecule has 1 N–H and O–H groups in total. The van der Waals surface area contributed by atoms with Crippen molar-refractivity contribution in [1.29, 1.82) is 0 Å². The maximum Gasteiger partial charge on any atom is 0.243 e. The number of pyridine rings is 1. The molecule has 0 atom stereocenters. The molecule has 168 valence electrons. The number of hydrogen-bond acceptors (Lipinski definition) is 5. The number of amides is 1. The van der Waals surface area contributed by atoms with Crippen molar-refractivity contribution in [2.75, 3.05) is 24.2 Å². The minimum atomic E-state index is -3.59. The van der Waals surface area contributed by atoms with Crippen molar-refractivity contribution < 1.29 is 13.2 Å². The van der Waals surface area contributed by atoms with Gasteiger partial charge in [0.15, 0.2) is 0 Å². The van der Waals surface area contributed by atoms with Crippen LogP contribution in [0, 0.1) is 13.8 Å². The monoisotopic (exact) mass is 489 g/mol. The van der Waals surface area contributed by atoms with Crippen LogP contribution in [0.5, 0.6) is 0 Å². The SMILES string of the molecule is Cc1cc(SCC(=O)Nc2cc(S(=O)(=O)N3CCCC3)ccc2Cl)nc2c(C)cccc12. The molecule has 9 heteroatoms. The topological polar surface area (TPSA) is 79.4 Å². The van der Waals surface area contributed by atoms with E-state index in [1.807, 2.05) is 38.1 Å². The van der Waals surface area contributed by atoms with E-state index in [1.165, 1.54) is 34.3 Å². The van der Waals surface area contributed by atoms with Crippen LogP contribution in [0.1, 0.15) is 24.0 Å². The average Bonchev–Trinajstić information content (AvgIpc) is 3.30. The largest absolute Gasteiger partial charge is 0.324 e. The fraction of sp³-hybridized carbons (Fsp3) is 0.304. The van der Waals surface area contributed by atoms with Gasteiger partial charge in [-0.05, 0) is 62.1 Å². The molecule has 3 aromatic rings. The molecule has 0 bridgehead atoms. The van der Waals surface area contributed by atoms with Gasteiger partial charge in [-0.3, -0.25) is 4.79 Å². The van der Waals surface area contributed by atoms with Crippen LogP contribution in [0.2, 0.25) is 5.02 Å². The van der Waals surface area contributed by atoms with Crippen LogP contribution in [0.15, 0.2) is 52.4 Å². The number of thioether (sulfide) groups is 1. The first kappa shape index (κ1) is 23.0. The summed E-state index contributed by atoms with van der Waals surface area (Å²) in [5, 5.41) is 4.89. The van der Waals surface area contributed by atoms with E-state index >= 15 is 0 Å². The van der Waals surface area contributed by atoms with Gasteiger partial charge < -0.3 is 5.32 Å². The lowest BCUT2D eigenvalue weighted by Crippen LogP contribution is -2.28. The Bertz CT molecular complexity index is 1290. The Morgan fingerprint density at radius 1 is 1.12 bits per heavy atom. The van der Waals surface area contributed by atoms with Gasteiger partial charge in [-0.25, -0.2) is 13.4 Å². The number of aromatic nitrogens is 1. The van der Waals surface area contributed by atoms with Crippen molar-refractivity contribution >= 4 is 55.9 Å². The Labute approximate surface area is 197 Å². The Balaban J connectivity index is 1.48. The molecule has 0 radical (unpaired) electrons. The van der Waals surface area contributed by atoms with Crippen molar-refractivity contribution in [2.24, 2.45) is 0 Å². The molecule has 1 fully saturated rings. The molecule has 4 rings (SSSR count). The minimum absolute atomic E-state index is 0.128. The zero-order valence-electron chi connectivity index (χ0n) is 17.9. The average molecular weight is 490 g/mol. The van der Waals surface area contributed by atoms with Gasteiger partial charge >= 0.3 is 0 Å². The van der Waals surface area contributed by atoms with Crippen LogP contribution >= 0.6 is 23.4 Å². The Hall–Kier alpha value is -2.13. The highest BCUT2D eigenvalue weighted by atomic mass is 35.5. The highest BCUT2D eigenvalue weighted by Gasteiger charge is 2.27. The first-order valence-corrected chi connectivity index (χ1v) is 13.2. The van der Waals surface area contributed by atoms with Crippen molar-refractivity contribution in [3.05, 3.63) is 58.6 Å². The van der Waals surface area contributed by atoms with Crippen LogP contribution < -0.4 is 5.32 Å². The van der Waals surface area contributed by atoms with Crippen molar-refractivity contribution in [3.63, 3.8) is 0 Å². The smallest absolute Gasteiger partial charge is 0.243 e. The molecule has 1 aromatic heterocycles. The van der Waals surface area contributed by atoms with E-state index in [-0.39, 0.29) is 22.2 Å². The molecule has 6 nitrogen and oxygen atoms in total. The number of nitrogens with one attached hydrogen (secondary N) is 1. The number of carbonyl (C=O) groups excluding carboxylic acids is 1. The summed E-state index contributed by atoms with van der Waals surface area (Å²) in [5.74, 6) is -0.152. The maximum atomic E-state index is 12.8. The third-order valence-corrected chi connectivity index (χ3v) is 8.63. The zero-order chi connectivity index (χ0) is 22.9. The number of nitrogens with zero attached hydrogens (tertiary/aromatic N) is 2. The summed E-state index contributed by atoms with van der Waals surface area (Å²) in [6.07, 6.45) is 1.71. The Morgan fingerprint density at radius 3 is 2.62 bits per heavy atom. The molecule has 1 saturated heterocycles. The molecule has 2 aromatic carbocycles. The number of benzene rings is 2. The zero-order valence-corrected chi connectivity index (χ0v) is 20.3. The second-order valence-corrected chi connectivity index (χ2v) is 11.2. The first-order chi connectivity index (χ1) is 15.3. The normalized spacial score (nSPS) is 14.7. The van der Waals surface area contributed by atoms with Crippen LogP contribution in [0.25, 0.3) is 10.9 Å². The van der Waals surface area contributed by atoms with E-state index in [9.17, 15) is 13.2 Å². The number of halogens is 1. The summed E-state index contributed by atoms with van der Waals surface area (Å²) in [6.45, 7) is 5.07. The number of aryl methyl sites for hydroxylation is 2. The van der Waals surface area contributed by atoms with Crippen LogP contribution in [-0.2, 0) is 14.8 Å². The molecule has 32 heavy (non-hydrogen) atoms. The van der Waals surface area contributed by atoms with Gasteiger partial charge in [0, 0.05) is 18.5 Å². The minimum Gasteiger partial charge on any atom is -0.324 e. The lowest BCUT2D eigenvalue weighted by atomic mass is 10.1. The molecule has 2 heterocycles. The van der Waals surface area contributed by atoms with Crippen molar-refractivity contribution in [1.82, 2.24) is 9.29 Å². The molecular weight excluding hydrogens is 466 g/mol. The van der Waals surface area contributed by atoms with E-state index < -0.39 is 10.0 Å². The predicted octanol–water partition coefficient (Wildman–Crippen LogP) is 5.02. The van der Waals surface area contributed by atoms with E-state index in [0.717, 1.165) is 39.9 Å². The lowest BCUT2D eigenvalue weighted by molar-refractivity contribution is -0.113. The highest BCUT2D eigenvalue weighted by Crippen LogP contribution is 2.29. The van der Waals surface area contributed by atoms with E-state index in [0.29, 0.717) is 18.1 Å². The third kappa shape index (κ3) is 4.78. The summed E-state index contributed by atoms with van der Waals surface area (Å²) in [4.78, 5) is 17.4. The van der Waals surface area contributed by atoms with Crippen molar-refractivity contribution in [2.45, 2.75) is 36.6 Å².